The van der Waals surface area contributed by atoms with Crippen molar-refractivity contribution in [1.82, 2.24) is 9.62 Å². The number of nitrogens with zero attached hydrogens (tertiary/aromatic N) is 1. The van der Waals surface area contributed by atoms with Gasteiger partial charge in [0.1, 0.15) is 0 Å². The molecule has 2 N–H and O–H groups in total. The molecule has 3 fully saturated rings. The first kappa shape index (κ1) is 20.1. The third-order valence-electron chi connectivity index (χ3n) is 5.99. The number of nitrogens with one attached hydrogen (secondary N) is 2. The van der Waals surface area contributed by atoms with Crippen LogP contribution < -0.4 is 10.6 Å². The molecule has 2 unspecified atom stereocenters. The van der Waals surface area contributed by atoms with Crippen LogP contribution in [0, 0.1) is 17.8 Å². The van der Waals surface area contributed by atoms with Crippen molar-refractivity contribution >= 4 is 27.5 Å². The Bertz CT molecular complexity index is 914. The first-order valence-corrected chi connectivity index (χ1v) is 11.3. The molecular weight excluding hydrogens is 394 g/mol. The van der Waals surface area contributed by atoms with E-state index in [1.165, 1.54) is 16.4 Å². The fraction of sp³-hybridized carbons (Fsp3) is 0.500. The standard InChI is InChI=1S/C20H25N3O5S/c1-2-18(24)22-19-16-11-23(12-17(16)19)29(26,27)15-5-3-4-14(10-15)21-20(25)13-6-8-28-9-7-13/h2-5,10,13,16-17,19H,1,6-9,11-12H2,(H,21,25)(H,22,24). The van der Waals surface area contributed by atoms with Crippen LogP contribution in [-0.2, 0) is 24.3 Å². The van der Waals surface area contributed by atoms with Gasteiger partial charge in [0.15, 0.2) is 0 Å². The molecule has 0 bridgehead atoms. The highest BCUT2D eigenvalue weighted by molar-refractivity contribution is 7.89. The number of rotatable bonds is 6. The Morgan fingerprint density at radius 3 is 2.52 bits per heavy atom. The van der Waals surface area contributed by atoms with E-state index in [1.807, 2.05) is 0 Å². The quantitative estimate of drug-likeness (QED) is 0.669. The number of hydrogen-bond donors (Lipinski definition) is 2. The molecule has 1 aromatic carbocycles. The number of anilines is 1. The Labute approximate surface area is 170 Å². The van der Waals surface area contributed by atoms with Crippen LogP contribution in [0.3, 0.4) is 0 Å². The predicted molar refractivity (Wildman–Crippen MR) is 106 cm³/mol. The van der Waals surface area contributed by atoms with E-state index in [-0.39, 0.29) is 40.5 Å². The number of carbonyl (C=O) groups excluding carboxylic acids is 2. The summed E-state index contributed by atoms with van der Waals surface area (Å²) in [5.41, 5.74) is 0.475. The van der Waals surface area contributed by atoms with Crippen molar-refractivity contribution in [2.75, 3.05) is 31.6 Å². The molecule has 3 aliphatic rings. The number of ether oxygens (including phenoxy) is 1. The summed E-state index contributed by atoms with van der Waals surface area (Å²) >= 11 is 0. The zero-order chi connectivity index (χ0) is 20.6. The van der Waals surface area contributed by atoms with Crippen molar-refractivity contribution in [2.24, 2.45) is 17.8 Å². The van der Waals surface area contributed by atoms with E-state index in [0.29, 0.717) is 44.8 Å². The Balaban J connectivity index is 1.40. The number of carbonyl (C=O) groups is 2. The van der Waals surface area contributed by atoms with Crippen molar-refractivity contribution in [3.05, 3.63) is 36.9 Å². The second-order valence-electron chi connectivity index (χ2n) is 7.79. The molecule has 9 heteroatoms. The van der Waals surface area contributed by atoms with Gasteiger partial charge < -0.3 is 15.4 Å². The Hall–Kier alpha value is -2.23. The van der Waals surface area contributed by atoms with Crippen LogP contribution in [0.1, 0.15) is 12.8 Å². The molecule has 2 atom stereocenters. The van der Waals surface area contributed by atoms with E-state index < -0.39 is 10.0 Å². The van der Waals surface area contributed by atoms with E-state index >= 15 is 0 Å². The van der Waals surface area contributed by atoms with Gasteiger partial charge in [-0.2, -0.15) is 4.31 Å². The lowest BCUT2D eigenvalue weighted by atomic mass is 9.99. The summed E-state index contributed by atoms with van der Waals surface area (Å²) in [6.45, 7) is 5.33. The minimum atomic E-state index is -3.65. The fourth-order valence-corrected chi connectivity index (χ4v) is 5.77. The number of benzene rings is 1. The van der Waals surface area contributed by atoms with Gasteiger partial charge in [-0.25, -0.2) is 8.42 Å². The van der Waals surface area contributed by atoms with Crippen molar-refractivity contribution in [3.63, 3.8) is 0 Å². The molecule has 8 nitrogen and oxygen atoms in total. The lowest BCUT2D eigenvalue weighted by molar-refractivity contribution is -0.122. The van der Waals surface area contributed by atoms with Gasteiger partial charge in [0.05, 0.1) is 4.90 Å². The summed E-state index contributed by atoms with van der Waals surface area (Å²) in [7, 11) is -3.65. The largest absolute Gasteiger partial charge is 0.381 e. The molecule has 0 radical (unpaired) electrons. The molecule has 1 aromatic rings. The molecule has 2 amide bonds. The molecule has 1 saturated carbocycles. The molecule has 4 rings (SSSR count). The maximum Gasteiger partial charge on any atom is 0.243 e. The highest BCUT2D eigenvalue weighted by atomic mass is 32.2. The third kappa shape index (κ3) is 4.08. The van der Waals surface area contributed by atoms with Gasteiger partial charge in [0.25, 0.3) is 0 Å². The number of piperidine rings is 1. The SMILES string of the molecule is C=CC(=O)NC1C2CN(S(=O)(=O)c3cccc(NC(=O)C4CCOCC4)c3)CC21. The second-order valence-corrected chi connectivity index (χ2v) is 9.73. The fourth-order valence-electron chi connectivity index (χ4n) is 4.21. The maximum absolute atomic E-state index is 13.0. The van der Waals surface area contributed by atoms with Gasteiger partial charge >= 0.3 is 0 Å². The van der Waals surface area contributed by atoms with E-state index in [2.05, 4.69) is 17.2 Å². The molecule has 2 heterocycles. The Morgan fingerprint density at radius 1 is 1.17 bits per heavy atom. The average Bonchev–Trinajstić information content (AvgIpc) is 3.15. The van der Waals surface area contributed by atoms with Crippen molar-refractivity contribution in [2.45, 2.75) is 23.8 Å². The lowest BCUT2D eigenvalue weighted by Gasteiger charge is -2.22. The lowest BCUT2D eigenvalue weighted by Crippen LogP contribution is -2.37. The van der Waals surface area contributed by atoms with Gasteiger partial charge in [-0.15, -0.1) is 0 Å². The van der Waals surface area contributed by atoms with E-state index in [4.69, 9.17) is 4.74 Å². The minimum absolute atomic E-state index is 0.0250. The zero-order valence-electron chi connectivity index (χ0n) is 16.0. The third-order valence-corrected chi connectivity index (χ3v) is 7.81. The topological polar surface area (TPSA) is 105 Å². The molecule has 1 aliphatic carbocycles. The molecular formula is C20H25N3O5S. The normalized spacial score (nSPS) is 27.1. The zero-order valence-corrected chi connectivity index (χ0v) is 16.9. The first-order valence-electron chi connectivity index (χ1n) is 9.82. The summed E-state index contributed by atoms with van der Waals surface area (Å²) in [5, 5.41) is 5.68. The smallest absolute Gasteiger partial charge is 0.243 e. The first-order chi connectivity index (χ1) is 13.9. The summed E-state index contributed by atoms with van der Waals surface area (Å²) in [6, 6.07) is 6.40. The van der Waals surface area contributed by atoms with Gasteiger partial charge in [-0.1, -0.05) is 12.6 Å². The van der Waals surface area contributed by atoms with Crippen LogP contribution in [0.2, 0.25) is 0 Å². The van der Waals surface area contributed by atoms with Gasteiger partial charge in [-0.3, -0.25) is 9.59 Å². The molecule has 0 aromatic heterocycles. The van der Waals surface area contributed by atoms with Crippen LogP contribution in [0.25, 0.3) is 0 Å². The molecule has 156 valence electrons. The van der Waals surface area contributed by atoms with Crippen molar-refractivity contribution in [3.8, 4) is 0 Å². The summed E-state index contributed by atoms with van der Waals surface area (Å²) in [6.07, 6.45) is 2.57. The Kier molecular flexibility index (Phi) is 5.46. The second kappa shape index (κ2) is 7.89. The highest BCUT2D eigenvalue weighted by Gasteiger charge is 2.58. The van der Waals surface area contributed by atoms with Crippen LogP contribution in [0.15, 0.2) is 41.8 Å². The van der Waals surface area contributed by atoms with Crippen LogP contribution in [0.5, 0.6) is 0 Å². The molecule has 29 heavy (non-hydrogen) atoms. The van der Waals surface area contributed by atoms with Crippen molar-refractivity contribution < 1.29 is 22.7 Å². The van der Waals surface area contributed by atoms with Crippen LogP contribution in [-0.4, -0.2) is 56.9 Å². The summed E-state index contributed by atoms with van der Waals surface area (Å²) < 4.78 is 32.8. The summed E-state index contributed by atoms with van der Waals surface area (Å²) in [4.78, 5) is 24.0. The molecule has 2 aliphatic heterocycles. The number of sulfonamides is 1. The molecule has 0 spiro atoms. The van der Waals surface area contributed by atoms with E-state index in [0.717, 1.165) is 0 Å². The predicted octanol–water partition coefficient (Wildman–Crippen LogP) is 0.973. The summed E-state index contributed by atoms with van der Waals surface area (Å²) in [5.74, 6) is -0.162. The minimum Gasteiger partial charge on any atom is -0.381 e. The van der Waals surface area contributed by atoms with Gasteiger partial charge in [0, 0.05) is 44.0 Å². The number of hydrogen-bond acceptors (Lipinski definition) is 5. The van der Waals surface area contributed by atoms with Crippen LogP contribution in [0.4, 0.5) is 5.69 Å². The monoisotopic (exact) mass is 419 g/mol. The number of amides is 2. The highest BCUT2D eigenvalue weighted by Crippen LogP contribution is 2.47. The van der Waals surface area contributed by atoms with Gasteiger partial charge in [0.2, 0.25) is 21.8 Å². The van der Waals surface area contributed by atoms with E-state index in [9.17, 15) is 18.0 Å². The molecule has 2 saturated heterocycles. The van der Waals surface area contributed by atoms with E-state index in [1.54, 1.807) is 18.2 Å². The van der Waals surface area contributed by atoms with Crippen molar-refractivity contribution in [1.29, 1.82) is 0 Å². The van der Waals surface area contributed by atoms with Gasteiger partial charge in [-0.05, 0) is 49.0 Å². The van der Waals surface area contributed by atoms with Crippen LogP contribution >= 0.6 is 0 Å². The Morgan fingerprint density at radius 2 is 1.86 bits per heavy atom. The average molecular weight is 420 g/mol. The number of fused-ring (bicyclic) bond motifs is 1. The maximum atomic E-state index is 13.0.